The van der Waals surface area contributed by atoms with E-state index in [1.165, 1.54) is 24.3 Å². The fraction of sp³-hybridized carbons (Fsp3) is 0.294. The molecular formula is C17H18F3NOS. The summed E-state index contributed by atoms with van der Waals surface area (Å²) in [5.41, 5.74) is 2.44. The lowest BCUT2D eigenvalue weighted by atomic mass is 10.1. The van der Waals surface area contributed by atoms with Gasteiger partial charge in [-0.05, 0) is 37.5 Å². The summed E-state index contributed by atoms with van der Waals surface area (Å²) < 4.78 is 54.8. The predicted molar refractivity (Wildman–Crippen MR) is 85.4 cm³/mol. The first-order valence-electron chi connectivity index (χ1n) is 7.07. The van der Waals surface area contributed by atoms with Crippen LogP contribution in [0.3, 0.4) is 0 Å². The Morgan fingerprint density at radius 3 is 2.00 bits per heavy atom. The number of nitrogens with one attached hydrogen (secondary N) is 1. The highest BCUT2D eigenvalue weighted by molar-refractivity contribution is 7.83. The molecule has 2 atom stereocenters. The van der Waals surface area contributed by atoms with Crippen molar-refractivity contribution in [3.63, 3.8) is 0 Å². The molecule has 2 rings (SSSR count). The van der Waals surface area contributed by atoms with Crippen molar-refractivity contribution in [1.82, 2.24) is 4.72 Å². The van der Waals surface area contributed by atoms with E-state index in [2.05, 4.69) is 4.72 Å². The van der Waals surface area contributed by atoms with Gasteiger partial charge in [-0.25, -0.2) is 8.93 Å². The van der Waals surface area contributed by atoms with Gasteiger partial charge >= 0.3 is 6.18 Å². The molecule has 0 aliphatic rings. The third-order valence-corrected chi connectivity index (χ3v) is 4.94. The van der Waals surface area contributed by atoms with Crippen LogP contribution in [0.1, 0.15) is 28.3 Å². The number of rotatable bonds is 4. The molecule has 0 amide bonds. The second kappa shape index (κ2) is 6.84. The monoisotopic (exact) mass is 341 g/mol. The first kappa shape index (κ1) is 17.7. The van der Waals surface area contributed by atoms with E-state index in [4.69, 9.17) is 0 Å². The van der Waals surface area contributed by atoms with Gasteiger partial charge in [-0.15, -0.1) is 0 Å². The summed E-state index contributed by atoms with van der Waals surface area (Å²) in [6.07, 6.45) is -4.54. The van der Waals surface area contributed by atoms with Gasteiger partial charge in [0, 0.05) is 0 Å². The summed E-state index contributed by atoms with van der Waals surface area (Å²) in [7, 11) is -1.96. The Hall–Kier alpha value is -1.66. The molecule has 0 radical (unpaired) electrons. The normalized spacial score (nSPS) is 14.5. The van der Waals surface area contributed by atoms with Gasteiger partial charge in [-0.2, -0.15) is 13.2 Å². The summed E-state index contributed by atoms with van der Waals surface area (Å²) in [5, 5.41) is 0. The molecule has 2 aromatic carbocycles. The van der Waals surface area contributed by atoms with E-state index in [-0.39, 0.29) is 5.56 Å². The van der Waals surface area contributed by atoms with Crippen molar-refractivity contribution < 1.29 is 17.4 Å². The lowest BCUT2D eigenvalue weighted by Gasteiger charge is -2.22. The summed E-state index contributed by atoms with van der Waals surface area (Å²) >= 11 is 0. The number of hydrogen-bond donors (Lipinski definition) is 1. The van der Waals surface area contributed by atoms with E-state index in [9.17, 15) is 17.4 Å². The number of halogens is 3. The van der Waals surface area contributed by atoms with Crippen LogP contribution in [-0.2, 0) is 11.0 Å². The zero-order valence-corrected chi connectivity index (χ0v) is 13.9. The Labute approximate surface area is 136 Å². The quantitative estimate of drug-likeness (QED) is 0.870. The van der Waals surface area contributed by atoms with Crippen LogP contribution in [0.2, 0.25) is 0 Å². The van der Waals surface area contributed by atoms with Crippen molar-refractivity contribution >= 4 is 11.0 Å². The van der Waals surface area contributed by atoms with Gasteiger partial charge in [0.05, 0.1) is 4.90 Å². The van der Waals surface area contributed by atoms with Gasteiger partial charge in [0.1, 0.15) is 17.0 Å². The minimum absolute atomic E-state index is 0.0377. The Kier molecular flexibility index (Phi) is 5.26. The summed E-state index contributed by atoms with van der Waals surface area (Å²) in [6, 6.07) is 9.09. The van der Waals surface area contributed by atoms with Crippen LogP contribution in [-0.4, -0.2) is 10.4 Å². The topological polar surface area (TPSA) is 29.1 Å². The Morgan fingerprint density at radius 1 is 1.00 bits per heavy atom. The lowest BCUT2D eigenvalue weighted by molar-refractivity contribution is -0.152. The third kappa shape index (κ3) is 4.20. The van der Waals surface area contributed by atoms with Crippen molar-refractivity contribution in [3.05, 3.63) is 64.7 Å². The Balaban J connectivity index is 2.36. The van der Waals surface area contributed by atoms with E-state index in [0.717, 1.165) is 5.56 Å². The fourth-order valence-electron chi connectivity index (χ4n) is 2.59. The summed E-state index contributed by atoms with van der Waals surface area (Å²) in [5.74, 6) is 0. The van der Waals surface area contributed by atoms with E-state index in [1.807, 2.05) is 19.1 Å². The van der Waals surface area contributed by atoms with Gasteiger partial charge in [-0.3, -0.25) is 0 Å². The molecule has 0 bridgehead atoms. The molecule has 0 fully saturated rings. The fourth-order valence-corrected chi connectivity index (χ4v) is 3.90. The van der Waals surface area contributed by atoms with Crippen LogP contribution in [0.4, 0.5) is 13.2 Å². The Bertz CT molecular complexity index is 691. The first-order valence-corrected chi connectivity index (χ1v) is 8.22. The highest BCUT2D eigenvalue weighted by atomic mass is 32.2. The second-order valence-corrected chi connectivity index (χ2v) is 6.68. The highest BCUT2D eigenvalue weighted by Gasteiger charge is 2.42. The van der Waals surface area contributed by atoms with Gasteiger partial charge in [-0.1, -0.05) is 48.0 Å². The summed E-state index contributed by atoms with van der Waals surface area (Å²) in [6.45, 7) is 5.39. The Morgan fingerprint density at radius 2 is 1.52 bits per heavy atom. The molecule has 0 unspecified atom stereocenters. The van der Waals surface area contributed by atoms with Crippen LogP contribution in [0, 0.1) is 20.8 Å². The zero-order valence-electron chi connectivity index (χ0n) is 13.1. The van der Waals surface area contributed by atoms with Crippen molar-refractivity contribution in [2.75, 3.05) is 0 Å². The maximum absolute atomic E-state index is 13.4. The number of benzene rings is 2. The van der Waals surface area contributed by atoms with Crippen LogP contribution in [0.15, 0.2) is 47.4 Å². The zero-order chi connectivity index (χ0) is 17.2. The average molecular weight is 341 g/mol. The molecule has 0 aliphatic heterocycles. The number of alkyl halides is 3. The molecule has 0 saturated heterocycles. The third-order valence-electron chi connectivity index (χ3n) is 3.48. The van der Waals surface area contributed by atoms with E-state index in [0.29, 0.717) is 16.0 Å². The van der Waals surface area contributed by atoms with E-state index < -0.39 is 23.2 Å². The van der Waals surface area contributed by atoms with Crippen LogP contribution >= 0.6 is 0 Å². The molecule has 0 spiro atoms. The molecular weight excluding hydrogens is 323 g/mol. The molecule has 23 heavy (non-hydrogen) atoms. The predicted octanol–water partition coefficient (Wildman–Crippen LogP) is 4.53. The van der Waals surface area contributed by atoms with Crippen LogP contribution in [0.5, 0.6) is 0 Å². The average Bonchev–Trinajstić information content (AvgIpc) is 2.43. The first-order chi connectivity index (χ1) is 10.7. The molecule has 2 nitrogen and oxygen atoms in total. The molecule has 0 aromatic heterocycles. The molecule has 0 saturated carbocycles. The van der Waals surface area contributed by atoms with Gasteiger partial charge in [0.25, 0.3) is 0 Å². The van der Waals surface area contributed by atoms with Gasteiger partial charge < -0.3 is 0 Å². The maximum Gasteiger partial charge on any atom is 0.408 e. The van der Waals surface area contributed by atoms with E-state index in [1.54, 1.807) is 19.9 Å². The van der Waals surface area contributed by atoms with Gasteiger partial charge in [0.2, 0.25) is 0 Å². The van der Waals surface area contributed by atoms with Crippen molar-refractivity contribution in [2.24, 2.45) is 0 Å². The maximum atomic E-state index is 13.4. The van der Waals surface area contributed by atoms with E-state index >= 15 is 0 Å². The minimum atomic E-state index is -4.54. The number of hydrogen-bond acceptors (Lipinski definition) is 1. The molecule has 6 heteroatoms. The SMILES string of the molecule is Cc1cc(C)c([S@](=O)N[C@H](c2ccccc2)C(F)(F)F)c(C)c1. The smallest absolute Gasteiger partial charge is 0.237 e. The van der Waals surface area contributed by atoms with Crippen LogP contribution in [0.25, 0.3) is 0 Å². The largest absolute Gasteiger partial charge is 0.408 e. The summed E-state index contributed by atoms with van der Waals surface area (Å²) in [4.78, 5) is 0.404. The molecule has 1 N–H and O–H groups in total. The molecule has 2 aromatic rings. The van der Waals surface area contributed by atoms with Crippen molar-refractivity contribution in [1.29, 1.82) is 0 Å². The second-order valence-electron chi connectivity index (χ2n) is 5.50. The van der Waals surface area contributed by atoms with Gasteiger partial charge in [0.15, 0.2) is 0 Å². The molecule has 0 aliphatic carbocycles. The lowest BCUT2D eigenvalue weighted by Crippen LogP contribution is -2.35. The molecule has 124 valence electrons. The highest BCUT2D eigenvalue weighted by Crippen LogP contribution is 2.34. The minimum Gasteiger partial charge on any atom is -0.237 e. The van der Waals surface area contributed by atoms with Crippen molar-refractivity contribution in [3.8, 4) is 0 Å². The standard InChI is InChI=1S/C17H18F3NOS/c1-11-9-12(2)15(13(3)10-11)23(22)21-16(17(18,19)20)14-7-5-4-6-8-14/h4-10,16,21H,1-3H3/t16-,23+/m1/s1. The molecule has 0 heterocycles. The van der Waals surface area contributed by atoms with Crippen molar-refractivity contribution in [2.45, 2.75) is 37.9 Å². The van der Waals surface area contributed by atoms with Crippen LogP contribution < -0.4 is 4.72 Å². The number of aryl methyl sites for hydroxylation is 3.